The van der Waals surface area contributed by atoms with Crippen LogP contribution in [0.25, 0.3) is 0 Å². The molecule has 3 rings (SSSR count). The third kappa shape index (κ3) is 0.678. The first-order chi connectivity index (χ1) is 5.12. The van der Waals surface area contributed by atoms with Crippen molar-refractivity contribution >= 4 is 7.85 Å². The highest BCUT2D eigenvalue weighted by atomic mass is 14.7. The van der Waals surface area contributed by atoms with Gasteiger partial charge >= 0.3 is 0 Å². The van der Waals surface area contributed by atoms with Crippen LogP contribution in [0.15, 0.2) is 0 Å². The van der Waals surface area contributed by atoms with Gasteiger partial charge in [-0.05, 0) is 36.5 Å². The molecule has 0 heterocycles. The highest BCUT2D eigenvalue weighted by Gasteiger charge is 2.68. The van der Waals surface area contributed by atoms with E-state index in [-0.39, 0.29) is 0 Å². The van der Waals surface area contributed by atoms with Crippen molar-refractivity contribution in [3.63, 3.8) is 0 Å². The first-order valence-corrected chi connectivity index (χ1v) is 5.12. The fraction of sp³-hybridized carbons (Fsp3) is 1.00. The van der Waals surface area contributed by atoms with Gasteiger partial charge in [-0.15, -0.1) is 0 Å². The van der Waals surface area contributed by atoms with E-state index < -0.39 is 0 Å². The van der Waals surface area contributed by atoms with Gasteiger partial charge in [-0.3, -0.25) is 0 Å². The minimum absolute atomic E-state index is 0.684. The van der Waals surface area contributed by atoms with Crippen LogP contribution < -0.4 is 0 Å². The van der Waals surface area contributed by atoms with Crippen molar-refractivity contribution in [1.29, 1.82) is 0 Å². The maximum atomic E-state index is 2.45. The van der Waals surface area contributed by atoms with Crippen molar-refractivity contribution < 1.29 is 0 Å². The van der Waals surface area contributed by atoms with Gasteiger partial charge in [0.25, 0.3) is 0 Å². The van der Waals surface area contributed by atoms with Gasteiger partial charge in [-0.1, -0.05) is 25.1 Å². The minimum Gasteiger partial charge on any atom is -0.0669 e. The van der Waals surface area contributed by atoms with Gasteiger partial charge in [0.15, 0.2) is 0 Å². The molecule has 0 radical (unpaired) electrons. The van der Waals surface area contributed by atoms with Crippen molar-refractivity contribution in [2.24, 2.45) is 17.3 Å². The quantitative estimate of drug-likeness (QED) is 0.461. The lowest BCUT2D eigenvalue weighted by atomic mass is 9.51. The molecule has 4 atom stereocenters. The predicted octanol–water partition coefficient (Wildman–Crippen LogP) is 2.01. The summed E-state index contributed by atoms with van der Waals surface area (Å²) in [6.45, 7) is 2.45. The lowest BCUT2D eigenvalue weighted by Gasteiger charge is -2.47. The molecule has 0 aliphatic heterocycles. The molecule has 3 saturated carbocycles. The summed E-state index contributed by atoms with van der Waals surface area (Å²) in [5.74, 6) is 2.35. The summed E-state index contributed by atoms with van der Waals surface area (Å²) >= 11 is 0. The lowest BCUT2D eigenvalue weighted by Crippen LogP contribution is -2.36. The molecule has 3 aliphatic rings. The Morgan fingerprint density at radius 2 is 1.91 bits per heavy atom. The second-order valence-corrected chi connectivity index (χ2v) is 5.94. The summed E-state index contributed by atoms with van der Waals surface area (Å²) in [6.07, 6.45) is 7.79. The predicted molar refractivity (Wildman–Crippen MR) is 49.4 cm³/mol. The van der Waals surface area contributed by atoms with Crippen LogP contribution in [0.4, 0.5) is 0 Å². The normalized spacial score (nSPS) is 65.9. The summed E-state index contributed by atoms with van der Waals surface area (Å²) in [4.78, 5) is 0. The fourth-order valence-corrected chi connectivity index (χ4v) is 3.77. The van der Waals surface area contributed by atoms with Gasteiger partial charge in [0.05, 0.1) is 0 Å². The van der Waals surface area contributed by atoms with Crippen LogP contribution in [-0.2, 0) is 0 Å². The molecule has 3 fully saturated rings. The molecule has 11 heavy (non-hydrogen) atoms. The molecule has 4 unspecified atom stereocenters. The number of rotatable bonds is 0. The van der Waals surface area contributed by atoms with Crippen LogP contribution in [0.3, 0.4) is 0 Å². The summed E-state index contributed by atoms with van der Waals surface area (Å²) < 4.78 is 0. The van der Waals surface area contributed by atoms with E-state index in [1.54, 1.807) is 19.3 Å². The third-order valence-corrected chi connectivity index (χ3v) is 4.73. The highest BCUT2D eigenvalue weighted by Crippen LogP contribution is 2.78. The van der Waals surface area contributed by atoms with E-state index in [1.807, 2.05) is 0 Å². The van der Waals surface area contributed by atoms with Crippen molar-refractivity contribution in [1.82, 2.24) is 0 Å². The van der Waals surface area contributed by atoms with Gasteiger partial charge < -0.3 is 0 Å². The second-order valence-electron chi connectivity index (χ2n) is 5.94. The van der Waals surface area contributed by atoms with E-state index in [4.69, 9.17) is 0 Å². The average Bonchev–Trinajstić information content (AvgIpc) is 2.43. The first kappa shape index (κ1) is 6.57. The monoisotopic (exact) mass is 148 g/mol. The van der Waals surface area contributed by atoms with E-state index in [0.29, 0.717) is 5.31 Å². The molecule has 0 amide bonds. The summed E-state index contributed by atoms with van der Waals surface area (Å²) in [7, 11) is 2.45. The van der Waals surface area contributed by atoms with E-state index in [1.165, 1.54) is 18.8 Å². The molecule has 0 aromatic carbocycles. The maximum Gasteiger partial charge on any atom is 0.109 e. The number of hydrogen-bond donors (Lipinski definition) is 0. The van der Waals surface area contributed by atoms with Gasteiger partial charge in [0.2, 0.25) is 0 Å². The summed E-state index contributed by atoms with van der Waals surface area (Å²) in [5, 5.41) is 0.684. The number of hydrogen-bond acceptors (Lipinski definition) is 0. The molecule has 0 aromatic heterocycles. The zero-order valence-corrected chi connectivity index (χ0v) is 7.69. The average molecular weight is 148 g/mol. The van der Waals surface area contributed by atoms with Gasteiger partial charge in [-0.2, -0.15) is 0 Å². The smallest absolute Gasteiger partial charge is 0.0669 e. The molecule has 0 nitrogen and oxygen atoms in total. The van der Waals surface area contributed by atoms with Crippen molar-refractivity contribution in [2.45, 2.75) is 44.3 Å². The molecular formula is C10H17B. The van der Waals surface area contributed by atoms with Crippen LogP contribution in [0.5, 0.6) is 0 Å². The summed E-state index contributed by atoms with van der Waals surface area (Å²) in [5.41, 5.74) is 0.940. The van der Waals surface area contributed by atoms with Crippen molar-refractivity contribution in [2.75, 3.05) is 0 Å². The fourth-order valence-electron chi connectivity index (χ4n) is 3.77. The van der Waals surface area contributed by atoms with Gasteiger partial charge in [0, 0.05) is 0 Å². The molecule has 60 valence electrons. The Balaban J connectivity index is 1.81. The van der Waals surface area contributed by atoms with E-state index in [0.717, 1.165) is 11.3 Å². The second kappa shape index (κ2) is 1.55. The highest BCUT2D eigenvalue weighted by molar-refractivity contribution is 6.14. The Kier molecular flexibility index (Phi) is 0.928. The maximum absolute atomic E-state index is 2.45. The first-order valence-electron chi connectivity index (χ1n) is 5.12. The van der Waals surface area contributed by atoms with Gasteiger partial charge in [-0.25, -0.2) is 0 Å². The molecule has 0 saturated heterocycles. The Labute approximate surface area is 70.2 Å². The largest absolute Gasteiger partial charge is 0.109 e. The van der Waals surface area contributed by atoms with Crippen LogP contribution in [0.1, 0.15) is 39.0 Å². The molecule has 0 N–H and O–H groups in total. The zero-order valence-electron chi connectivity index (χ0n) is 7.69. The molecule has 0 aromatic rings. The van der Waals surface area contributed by atoms with Crippen LogP contribution in [-0.4, -0.2) is 7.85 Å². The molecule has 1 heteroatoms. The molecule has 1 spiro atoms. The Morgan fingerprint density at radius 3 is 2.45 bits per heavy atom. The zero-order chi connectivity index (χ0) is 7.69. The van der Waals surface area contributed by atoms with Crippen molar-refractivity contribution in [3.05, 3.63) is 0 Å². The SMILES string of the molecule is BC1(C)CCC23CC2CC3C1. The molecule has 0 bridgehead atoms. The minimum atomic E-state index is 0.684. The molecule has 3 aliphatic carbocycles. The van der Waals surface area contributed by atoms with E-state index in [9.17, 15) is 0 Å². The molecular weight excluding hydrogens is 131 g/mol. The lowest BCUT2D eigenvalue weighted by molar-refractivity contribution is 0.0747. The van der Waals surface area contributed by atoms with Crippen LogP contribution in [0, 0.1) is 17.3 Å². The topological polar surface area (TPSA) is 0 Å². The third-order valence-electron chi connectivity index (χ3n) is 4.73. The van der Waals surface area contributed by atoms with E-state index >= 15 is 0 Å². The van der Waals surface area contributed by atoms with E-state index in [2.05, 4.69) is 14.8 Å². The Morgan fingerprint density at radius 1 is 1.18 bits per heavy atom. The Hall–Kier alpha value is 0.0649. The van der Waals surface area contributed by atoms with Crippen LogP contribution in [0.2, 0.25) is 5.31 Å². The summed E-state index contributed by atoms with van der Waals surface area (Å²) in [6, 6.07) is 0. The van der Waals surface area contributed by atoms with Gasteiger partial charge in [0.1, 0.15) is 7.85 Å². The Bertz CT molecular complexity index is 209. The standard InChI is InChI=1S/C10H17B/c1-9(11)2-3-10-6-8(10)4-7(10)5-9/h7-8H,2-6,11H2,1H3. The van der Waals surface area contributed by atoms with Crippen LogP contribution >= 0.6 is 0 Å². The van der Waals surface area contributed by atoms with Crippen molar-refractivity contribution in [3.8, 4) is 0 Å².